The second kappa shape index (κ2) is 3.62. The van der Waals surface area contributed by atoms with E-state index >= 15 is 0 Å². The van der Waals surface area contributed by atoms with Gasteiger partial charge >= 0.3 is 0 Å². The molecule has 78 valence electrons. The first kappa shape index (κ1) is 10.1. The predicted octanol–water partition coefficient (Wildman–Crippen LogP) is 2.96. The van der Waals surface area contributed by atoms with E-state index in [-0.39, 0.29) is 17.1 Å². The number of hydrogen-bond acceptors (Lipinski definition) is 3. The number of benzene rings is 1. The number of nitrogens with zero attached hydrogens (tertiary/aromatic N) is 1. The summed E-state index contributed by atoms with van der Waals surface area (Å²) in [6, 6.07) is 3.77. The number of halogens is 3. The first-order valence-corrected chi connectivity index (χ1v) is 4.75. The highest BCUT2D eigenvalue weighted by Gasteiger charge is 2.18. The van der Waals surface area contributed by atoms with Crippen LogP contribution >= 0.6 is 15.9 Å². The molecule has 1 aromatic carbocycles. The largest absolute Gasteiger partial charge is 0.380 e. The molecule has 0 bridgehead atoms. The number of rotatable bonds is 1. The quantitative estimate of drug-likeness (QED) is 0.870. The van der Waals surface area contributed by atoms with Gasteiger partial charge in [0, 0.05) is 0 Å². The Kier molecular flexibility index (Phi) is 2.44. The van der Waals surface area contributed by atoms with Crippen molar-refractivity contribution in [3.63, 3.8) is 0 Å². The van der Waals surface area contributed by atoms with Crippen molar-refractivity contribution in [1.82, 2.24) is 5.16 Å². The van der Waals surface area contributed by atoms with Gasteiger partial charge in [-0.1, -0.05) is 11.2 Å². The van der Waals surface area contributed by atoms with E-state index in [1.165, 1.54) is 12.1 Å². The molecule has 0 saturated carbocycles. The molecule has 0 aliphatic carbocycles. The van der Waals surface area contributed by atoms with Gasteiger partial charge in [0.15, 0.2) is 23.2 Å². The molecule has 2 rings (SSSR count). The van der Waals surface area contributed by atoms with Gasteiger partial charge in [-0.3, -0.25) is 0 Å². The average Bonchev–Trinajstić information content (AvgIpc) is 2.53. The SMILES string of the molecule is Nc1noc(-c2cccc(F)c2F)c1Br. The Labute approximate surface area is 92.0 Å². The van der Waals surface area contributed by atoms with Crippen LogP contribution in [-0.4, -0.2) is 5.16 Å². The van der Waals surface area contributed by atoms with Crippen LogP contribution < -0.4 is 5.73 Å². The summed E-state index contributed by atoms with van der Waals surface area (Å²) in [5.74, 6) is -1.78. The molecule has 0 atom stereocenters. The Bertz CT molecular complexity index is 513. The topological polar surface area (TPSA) is 52.0 Å². The lowest BCUT2D eigenvalue weighted by molar-refractivity contribution is 0.430. The van der Waals surface area contributed by atoms with E-state index in [1.807, 2.05) is 0 Å². The first-order valence-electron chi connectivity index (χ1n) is 3.96. The van der Waals surface area contributed by atoms with Crippen molar-refractivity contribution in [1.29, 1.82) is 0 Å². The van der Waals surface area contributed by atoms with Crippen LogP contribution in [0.2, 0.25) is 0 Å². The minimum absolute atomic E-state index is 0.0222. The van der Waals surface area contributed by atoms with Crippen LogP contribution in [0.3, 0.4) is 0 Å². The van der Waals surface area contributed by atoms with Gasteiger partial charge in [-0.25, -0.2) is 8.78 Å². The van der Waals surface area contributed by atoms with Crippen LogP contribution in [0.5, 0.6) is 0 Å². The highest BCUT2D eigenvalue weighted by molar-refractivity contribution is 9.10. The van der Waals surface area contributed by atoms with Gasteiger partial charge in [0.2, 0.25) is 0 Å². The van der Waals surface area contributed by atoms with Crippen LogP contribution in [0.1, 0.15) is 0 Å². The molecule has 0 spiro atoms. The molecule has 0 aliphatic rings. The Balaban J connectivity index is 2.64. The minimum atomic E-state index is -0.991. The van der Waals surface area contributed by atoms with Crippen LogP contribution in [0, 0.1) is 11.6 Å². The maximum absolute atomic E-state index is 13.4. The Hall–Kier alpha value is -1.43. The molecule has 0 radical (unpaired) electrons. The number of hydrogen-bond donors (Lipinski definition) is 1. The Morgan fingerprint density at radius 2 is 2.07 bits per heavy atom. The fourth-order valence-corrected chi connectivity index (χ4v) is 1.50. The molecule has 3 nitrogen and oxygen atoms in total. The summed E-state index contributed by atoms with van der Waals surface area (Å²) in [6.07, 6.45) is 0. The molecule has 1 aromatic heterocycles. The summed E-state index contributed by atoms with van der Waals surface area (Å²) >= 11 is 3.08. The fraction of sp³-hybridized carbons (Fsp3) is 0. The molecule has 0 unspecified atom stereocenters. The molecule has 15 heavy (non-hydrogen) atoms. The highest BCUT2D eigenvalue weighted by Crippen LogP contribution is 2.34. The van der Waals surface area contributed by atoms with Crippen LogP contribution in [-0.2, 0) is 0 Å². The monoisotopic (exact) mass is 274 g/mol. The van der Waals surface area contributed by atoms with Gasteiger partial charge in [-0.05, 0) is 28.1 Å². The van der Waals surface area contributed by atoms with Crippen molar-refractivity contribution in [2.45, 2.75) is 0 Å². The van der Waals surface area contributed by atoms with Crippen LogP contribution in [0.4, 0.5) is 14.6 Å². The first-order chi connectivity index (χ1) is 7.11. The van der Waals surface area contributed by atoms with E-state index in [4.69, 9.17) is 10.3 Å². The predicted molar refractivity (Wildman–Crippen MR) is 54.0 cm³/mol. The van der Waals surface area contributed by atoms with E-state index in [9.17, 15) is 8.78 Å². The van der Waals surface area contributed by atoms with Crippen molar-refractivity contribution >= 4 is 21.7 Å². The van der Waals surface area contributed by atoms with Crippen molar-refractivity contribution < 1.29 is 13.3 Å². The second-order valence-electron chi connectivity index (χ2n) is 2.81. The van der Waals surface area contributed by atoms with Gasteiger partial charge in [0.25, 0.3) is 0 Å². The number of nitrogens with two attached hydrogens (primary N) is 1. The van der Waals surface area contributed by atoms with E-state index in [0.717, 1.165) is 6.07 Å². The zero-order chi connectivity index (χ0) is 11.0. The molecule has 1 heterocycles. The zero-order valence-electron chi connectivity index (χ0n) is 7.30. The highest BCUT2D eigenvalue weighted by atomic mass is 79.9. The van der Waals surface area contributed by atoms with Crippen LogP contribution in [0.25, 0.3) is 11.3 Å². The number of nitrogen functional groups attached to an aromatic ring is 1. The van der Waals surface area contributed by atoms with Crippen molar-refractivity contribution in [3.8, 4) is 11.3 Å². The Morgan fingerprint density at radius 1 is 1.33 bits per heavy atom. The van der Waals surface area contributed by atoms with Gasteiger partial charge in [-0.15, -0.1) is 0 Å². The van der Waals surface area contributed by atoms with Gasteiger partial charge < -0.3 is 10.3 Å². The summed E-state index contributed by atoms with van der Waals surface area (Å²) in [6.45, 7) is 0. The molecular weight excluding hydrogens is 270 g/mol. The lowest BCUT2D eigenvalue weighted by Gasteiger charge is -1.99. The summed E-state index contributed by atoms with van der Waals surface area (Å²) in [7, 11) is 0. The third-order valence-electron chi connectivity index (χ3n) is 1.86. The summed E-state index contributed by atoms with van der Waals surface area (Å²) < 4.78 is 31.4. The van der Waals surface area contributed by atoms with Crippen molar-refractivity contribution in [2.75, 3.05) is 5.73 Å². The molecule has 2 aromatic rings. The van der Waals surface area contributed by atoms with E-state index in [0.29, 0.717) is 4.47 Å². The Morgan fingerprint density at radius 3 is 2.67 bits per heavy atom. The molecular formula is C9H5BrF2N2O. The smallest absolute Gasteiger partial charge is 0.186 e. The minimum Gasteiger partial charge on any atom is -0.380 e. The zero-order valence-corrected chi connectivity index (χ0v) is 8.88. The third-order valence-corrected chi connectivity index (χ3v) is 2.62. The summed E-state index contributed by atoms with van der Waals surface area (Å²) in [5, 5.41) is 3.43. The lowest BCUT2D eigenvalue weighted by Crippen LogP contribution is -1.88. The normalized spacial score (nSPS) is 10.6. The van der Waals surface area contributed by atoms with E-state index in [1.54, 1.807) is 0 Å². The third kappa shape index (κ3) is 1.61. The average molecular weight is 275 g/mol. The van der Waals surface area contributed by atoms with Gasteiger partial charge in [-0.2, -0.15) is 0 Å². The van der Waals surface area contributed by atoms with Gasteiger partial charge in [0.05, 0.1) is 5.56 Å². The number of anilines is 1. The van der Waals surface area contributed by atoms with Gasteiger partial charge in [0.1, 0.15) is 4.47 Å². The molecule has 0 fully saturated rings. The molecule has 0 amide bonds. The van der Waals surface area contributed by atoms with Crippen molar-refractivity contribution in [2.24, 2.45) is 0 Å². The standard InChI is InChI=1S/C9H5BrF2N2O/c10-6-8(15-14-9(6)13)4-2-1-3-5(11)7(4)12/h1-3H,(H2,13,14). The lowest BCUT2D eigenvalue weighted by atomic mass is 10.1. The summed E-state index contributed by atoms with van der Waals surface area (Å²) in [5.41, 5.74) is 5.38. The second-order valence-corrected chi connectivity index (χ2v) is 3.61. The van der Waals surface area contributed by atoms with Crippen molar-refractivity contribution in [3.05, 3.63) is 34.3 Å². The molecule has 0 saturated heterocycles. The molecule has 0 aliphatic heterocycles. The van der Waals surface area contributed by atoms with Crippen LogP contribution in [0.15, 0.2) is 27.2 Å². The maximum atomic E-state index is 13.4. The van der Waals surface area contributed by atoms with E-state index < -0.39 is 11.6 Å². The fourth-order valence-electron chi connectivity index (χ4n) is 1.14. The number of aromatic nitrogens is 1. The molecule has 2 N–H and O–H groups in total. The molecule has 6 heteroatoms. The summed E-state index contributed by atoms with van der Waals surface area (Å²) in [4.78, 5) is 0. The maximum Gasteiger partial charge on any atom is 0.186 e. The van der Waals surface area contributed by atoms with E-state index in [2.05, 4.69) is 21.1 Å².